The standard InChI is InChI=1S/C25H41NO4Si.C23H39NO3Si.C2H6O.B.Na.H/c1-8-10-11-12-22(30-31(6,7)25(3,4)5)19-13-15-20(16-14-19)26-21(17-18-23(26)27)24(28)29-9-2;1-7-8-9-10-21(27-28(5,6)23(2,3)4)18-11-13-19(14-12-18)24-20(17-25)15-16-22(24)26;1-2-3;;;/h13-16,21-22H,8-12,17-18H2,1-7H3;11-14,20-21,25H,7-10,15-17H2,1-6H3;3H,2H2,1H3;;;/q;;;;+1;-1/t21-,22+;20-,21+;;;;/m11..../s1. The van der Waals surface area contributed by atoms with Gasteiger partial charge in [-0.25, -0.2) is 4.79 Å². The molecule has 2 fully saturated rings. The summed E-state index contributed by atoms with van der Waals surface area (Å²) in [5.41, 5.74) is 3.97. The van der Waals surface area contributed by atoms with Gasteiger partial charge in [-0.3, -0.25) is 14.5 Å². The largest absolute Gasteiger partial charge is 1.00 e. The number of ether oxygens (including phenoxy) is 1. The van der Waals surface area contributed by atoms with E-state index >= 15 is 0 Å². The third-order valence-electron chi connectivity index (χ3n) is 13.0. The van der Waals surface area contributed by atoms with Crippen LogP contribution in [0.4, 0.5) is 11.4 Å². The van der Waals surface area contributed by atoms with Crippen LogP contribution in [0.5, 0.6) is 0 Å². The van der Waals surface area contributed by atoms with Gasteiger partial charge < -0.3 is 30.1 Å². The summed E-state index contributed by atoms with van der Waals surface area (Å²) in [6.45, 7) is 31.3. The van der Waals surface area contributed by atoms with Gasteiger partial charge >= 0.3 is 35.5 Å². The Labute approximate surface area is 417 Å². The van der Waals surface area contributed by atoms with E-state index in [1.54, 1.807) is 23.6 Å². The van der Waals surface area contributed by atoms with Gasteiger partial charge in [-0.15, -0.1) is 0 Å². The maximum absolute atomic E-state index is 12.5. The number of esters is 1. The van der Waals surface area contributed by atoms with Crippen molar-refractivity contribution in [2.45, 2.75) is 207 Å². The number of hydrogen-bond donors (Lipinski definition) is 2. The van der Waals surface area contributed by atoms with E-state index in [-0.39, 0.29) is 98.7 Å². The van der Waals surface area contributed by atoms with E-state index in [1.165, 1.54) is 31.2 Å². The first-order valence-corrected chi connectivity index (χ1v) is 29.4. The minimum atomic E-state index is -1.92. The van der Waals surface area contributed by atoms with Gasteiger partial charge in [-0.05, 0) is 111 Å². The fourth-order valence-electron chi connectivity index (χ4n) is 7.25. The first kappa shape index (κ1) is 62.2. The van der Waals surface area contributed by atoms with E-state index in [9.17, 15) is 19.5 Å². The monoisotopic (exact) mass is 934 g/mol. The average Bonchev–Trinajstić information content (AvgIpc) is 3.78. The van der Waals surface area contributed by atoms with Crippen LogP contribution in [0.15, 0.2) is 48.5 Å². The normalized spacial score (nSPS) is 17.6. The molecule has 4 atom stereocenters. The van der Waals surface area contributed by atoms with Crippen LogP contribution in [0.25, 0.3) is 0 Å². The van der Waals surface area contributed by atoms with E-state index in [0.29, 0.717) is 25.9 Å². The zero-order chi connectivity index (χ0) is 46.9. The summed E-state index contributed by atoms with van der Waals surface area (Å²) in [7, 11) is -3.80. The van der Waals surface area contributed by atoms with Gasteiger partial charge in [-0.2, -0.15) is 0 Å². The van der Waals surface area contributed by atoms with Crippen molar-refractivity contribution in [3.63, 3.8) is 0 Å². The number of rotatable bonds is 19. The zero-order valence-corrected chi connectivity index (χ0v) is 46.9. The van der Waals surface area contributed by atoms with Gasteiger partial charge in [0.1, 0.15) is 6.04 Å². The third kappa shape index (κ3) is 18.4. The van der Waals surface area contributed by atoms with E-state index in [0.717, 1.165) is 49.0 Å². The van der Waals surface area contributed by atoms with Crippen molar-refractivity contribution in [2.75, 3.05) is 29.6 Å². The number of carbonyl (C=O) groups excluding carboxylic acids is 3. The molecule has 14 heteroatoms. The van der Waals surface area contributed by atoms with Crippen molar-refractivity contribution in [1.82, 2.24) is 0 Å². The number of benzene rings is 2. The molecule has 0 bridgehead atoms. The van der Waals surface area contributed by atoms with Crippen molar-refractivity contribution in [1.29, 1.82) is 0 Å². The van der Waals surface area contributed by atoms with E-state index in [4.69, 9.17) is 18.7 Å². The molecular weight excluding hydrogens is 847 g/mol. The topological polar surface area (TPSA) is 126 Å². The molecule has 3 radical (unpaired) electrons. The molecule has 64 heavy (non-hydrogen) atoms. The summed E-state index contributed by atoms with van der Waals surface area (Å²) >= 11 is 0. The smallest absolute Gasteiger partial charge is 1.00 e. The zero-order valence-electron chi connectivity index (χ0n) is 43.9. The van der Waals surface area contributed by atoms with Crippen LogP contribution in [0.2, 0.25) is 36.3 Å². The molecule has 0 aromatic heterocycles. The van der Waals surface area contributed by atoms with Crippen LogP contribution in [0.3, 0.4) is 0 Å². The number of amides is 2. The van der Waals surface area contributed by atoms with Crippen LogP contribution < -0.4 is 39.4 Å². The Hall–Kier alpha value is -1.81. The summed E-state index contributed by atoms with van der Waals surface area (Å²) in [5.74, 6) is -0.247. The molecule has 2 aromatic rings. The number of carbonyl (C=O) groups is 3. The van der Waals surface area contributed by atoms with Gasteiger partial charge in [0, 0.05) is 39.2 Å². The van der Waals surface area contributed by atoms with Crippen molar-refractivity contribution in [2.24, 2.45) is 0 Å². The van der Waals surface area contributed by atoms with Crippen molar-refractivity contribution >= 4 is 54.2 Å². The van der Waals surface area contributed by atoms with Crippen molar-refractivity contribution < 1.29 is 69.2 Å². The first-order chi connectivity index (χ1) is 29.0. The summed E-state index contributed by atoms with van der Waals surface area (Å²) in [6, 6.07) is 15.7. The number of nitrogens with zero attached hydrogens (tertiary/aromatic N) is 2. The van der Waals surface area contributed by atoms with Gasteiger partial charge in [0.15, 0.2) is 16.6 Å². The van der Waals surface area contributed by atoms with Crippen LogP contribution in [0, 0.1) is 0 Å². The fraction of sp³-hybridized carbons (Fsp3) is 0.700. The Kier molecular flexibility index (Phi) is 28.3. The molecule has 0 aliphatic carbocycles. The van der Waals surface area contributed by atoms with Crippen LogP contribution in [-0.2, 0) is 28.0 Å². The Morgan fingerprint density at radius 2 is 1.06 bits per heavy atom. The molecule has 2 heterocycles. The molecule has 2 amide bonds. The molecule has 2 aromatic carbocycles. The predicted molar refractivity (Wildman–Crippen MR) is 268 cm³/mol. The molecule has 0 saturated carbocycles. The number of hydrogen-bond acceptors (Lipinski definition) is 8. The van der Waals surface area contributed by atoms with E-state index in [1.807, 2.05) is 24.3 Å². The molecule has 2 N–H and O–H groups in total. The summed E-state index contributed by atoms with van der Waals surface area (Å²) in [6.07, 6.45) is 11.4. The van der Waals surface area contributed by atoms with Crippen molar-refractivity contribution in [3.05, 3.63) is 59.7 Å². The Balaban J connectivity index is 0. The van der Waals surface area contributed by atoms with Crippen molar-refractivity contribution in [3.8, 4) is 0 Å². The molecule has 0 unspecified atom stereocenters. The third-order valence-corrected chi connectivity index (χ3v) is 22.0. The van der Waals surface area contributed by atoms with Crippen LogP contribution in [0.1, 0.15) is 171 Å². The molecule has 357 valence electrons. The molecule has 4 rings (SSSR count). The summed E-state index contributed by atoms with van der Waals surface area (Å²) in [4.78, 5) is 40.4. The van der Waals surface area contributed by atoms with Crippen LogP contribution in [-0.4, -0.2) is 84.9 Å². The average molecular weight is 934 g/mol. The Bertz CT molecular complexity index is 1660. The maximum Gasteiger partial charge on any atom is 1.00 e. The van der Waals surface area contributed by atoms with Gasteiger partial charge in [-0.1, -0.05) is 118 Å². The molecule has 2 aliphatic heterocycles. The second-order valence-electron chi connectivity index (χ2n) is 19.9. The van der Waals surface area contributed by atoms with E-state index < -0.39 is 22.7 Å². The number of aliphatic hydroxyl groups excluding tert-OH is 2. The minimum Gasteiger partial charge on any atom is -1.00 e. The van der Waals surface area contributed by atoms with Gasteiger partial charge in [0.25, 0.3) is 0 Å². The van der Waals surface area contributed by atoms with E-state index in [2.05, 4.69) is 106 Å². The van der Waals surface area contributed by atoms with Gasteiger partial charge in [0.2, 0.25) is 11.8 Å². The first-order valence-electron chi connectivity index (χ1n) is 23.6. The number of anilines is 2. The summed E-state index contributed by atoms with van der Waals surface area (Å²) < 4.78 is 18.8. The molecule has 2 saturated heterocycles. The number of aliphatic hydroxyl groups is 2. The van der Waals surface area contributed by atoms with Gasteiger partial charge in [0.05, 0.1) is 31.5 Å². The molecule has 2 aliphatic rings. The predicted octanol–water partition coefficient (Wildman–Crippen LogP) is 8.94. The second kappa shape index (κ2) is 29.2. The quantitative estimate of drug-likeness (QED) is 0.0813. The molecular formula is C50H87BN2NaO8Si2. The summed E-state index contributed by atoms with van der Waals surface area (Å²) in [5, 5.41) is 17.5. The van der Waals surface area contributed by atoms with Crippen LogP contribution >= 0.6 is 0 Å². The second-order valence-corrected chi connectivity index (χ2v) is 29.4. The Morgan fingerprint density at radius 1 is 0.688 bits per heavy atom. The molecule has 10 nitrogen and oxygen atoms in total. The maximum atomic E-state index is 12.5. The minimum absolute atomic E-state index is 0. The molecule has 0 spiro atoms. The SMILES string of the molecule is CCCCC[C@H](O[Si](C)(C)C(C)(C)C)c1ccc(N2C(=O)CC[C@@H]2C(=O)OCC)cc1.CCCCC[C@H](O[Si](C)(C)C(C)(C)C)c1ccc(N2C(=O)CC[C@@H]2CO)cc1.CCO.[B].[H-].[Na+]. The number of unbranched alkanes of at least 4 members (excludes halogenated alkanes) is 4. The fourth-order valence-corrected chi connectivity index (χ4v) is 9.89. The Morgan fingerprint density at radius 3 is 1.42 bits per heavy atom.